The molecule has 134 valence electrons. The van der Waals surface area contributed by atoms with E-state index in [-0.39, 0.29) is 24.7 Å². The summed E-state index contributed by atoms with van der Waals surface area (Å²) >= 11 is 6.77. The molecule has 10 heteroatoms. The Hall–Kier alpha value is -2.07. The first-order valence-electron chi connectivity index (χ1n) is 7.22. The Labute approximate surface area is 152 Å². The maximum atomic E-state index is 13.3. The van der Waals surface area contributed by atoms with Gasteiger partial charge in [0.05, 0.1) is 22.5 Å². The fraction of sp³-hybridized carbons (Fsp3) is 0.267. The van der Waals surface area contributed by atoms with Crippen molar-refractivity contribution in [3.05, 3.63) is 50.7 Å². The lowest BCUT2D eigenvalue weighted by molar-refractivity contribution is -0.139. The zero-order valence-corrected chi connectivity index (χ0v) is 14.5. The van der Waals surface area contributed by atoms with Crippen molar-refractivity contribution in [2.24, 2.45) is 5.73 Å². The second-order valence-corrected chi connectivity index (χ2v) is 6.57. The average molecular weight is 387 g/mol. The quantitative estimate of drug-likeness (QED) is 0.549. The van der Waals surface area contributed by atoms with Crippen LogP contribution in [0.25, 0.3) is 0 Å². The lowest BCUT2D eigenvalue weighted by Gasteiger charge is -2.14. The number of aliphatic hydroxyl groups is 1. The van der Waals surface area contributed by atoms with Crippen LogP contribution in [0.2, 0.25) is 5.02 Å². The summed E-state index contributed by atoms with van der Waals surface area (Å²) in [6.45, 7) is -0.152. The zero-order valence-electron chi connectivity index (χ0n) is 13.0. The molecule has 2 rings (SSSR count). The molecular weight excluding hydrogens is 371 g/mol. The first-order chi connectivity index (χ1) is 11.9. The van der Waals surface area contributed by atoms with Crippen molar-refractivity contribution in [1.29, 1.82) is 0 Å². The molecule has 0 unspecified atom stereocenters. The molecule has 0 aliphatic heterocycles. The van der Waals surface area contributed by atoms with E-state index in [9.17, 15) is 14.0 Å². The molecule has 1 atom stereocenters. The number of hydrogen-bond acceptors (Lipinski definition) is 6. The largest absolute Gasteiger partial charge is 0.391 e. The minimum absolute atomic E-state index is 0.0238. The molecule has 1 heterocycles. The van der Waals surface area contributed by atoms with E-state index in [4.69, 9.17) is 22.4 Å². The number of thiazole rings is 1. The molecule has 2 amide bonds. The van der Waals surface area contributed by atoms with Crippen molar-refractivity contribution in [3.8, 4) is 0 Å². The van der Waals surface area contributed by atoms with Crippen LogP contribution in [0.3, 0.4) is 0 Å². The third-order valence-corrected chi connectivity index (χ3v) is 4.61. The Balaban J connectivity index is 1.92. The van der Waals surface area contributed by atoms with E-state index in [0.717, 1.165) is 0 Å². The van der Waals surface area contributed by atoms with Gasteiger partial charge in [-0.1, -0.05) is 17.7 Å². The summed E-state index contributed by atoms with van der Waals surface area (Å²) in [6.07, 6.45) is 1.48. The molecule has 0 fully saturated rings. The summed E-state index contributed by atoms with van der Waals surface area (Å²) in [7, 11) is 0. The number of nitrogens with two attached hydrogens (primary N) is 1. The molecule has 0 bridgehead atoms. The van der Waals surface area contributed by atoms with Crippen LogP contribution in [0.4, 0.5) is 4.39 Å². The Morgan fingerprint density at radius 1 is 1.40 bits per heavy atom. The number of hydrogen-bond donors (Lipinski definition) is 4. The maximum absolute atomic E-state index is 13.3. The minimum Gasteiger partial charge on any atom is -0.391 e. The molecule has 1 aromatic carbocycles. The highest BCUT2D eigenvalue weighted by atomic mass is 35.5. The van der Waals surface area contributed by atoms with Gasteiger partial charge in [-0.2, -0.15) is 0 Å². The first kappa shape index (κ1) is 19.3. The molecular formula is C15H16ClFN4O3S. The number of nitrogens with zero attached hydrogens (tertiary/aromatic N) is 1. The minimum atomic E-state index is -0.884. The summed E-state index contributed by atoms with van der Waals surface area (Å²) in [5.41, 5.74) is 6.07. The van der Waals surface area contributed by atoms with Crippen LogP contribution in [0.1, 0.15) is 21.5 Å². The highest BCUT2D eigenvalue weighted by Gasteiger charge is 2.21. The molecule has 0 aliphatic rings. The molecule has 0 aliphatic carbocycles. The summed E-state index contributed by atoms with van der Waals surface area (Å²) in [6, 6.07) is 3.44. The monoisotopic (exact) mass is 386 g/mol. The normalized spacial score (nSPS) is 11.8. The fourth-order valence-corrected chi connectivity index (χ4v) is 2.87. The smallest absolute Gasteiger partial charge is 0.309 e. The SMILES string of the molecule is NC[C@H](NC(=O)C(=O)NCc1ccc(Cl)c(F)c1)c1ncc(CO)s1. The predicted molar refractivity (Wildman–Crippen MR) is 91.2 cm³/mol. The lowest BCUT2D eigenvalue weighted by Crippen LogP contribution is -2.43. The van der Waals surface area contributed by atoms with Crippen molar-refractivity contribution in [3.63, 3.8) is 0 Å². The van der Waals surface area contributed by atoms with Gasteiger partial charge in [0.2, 0.25) is 0 Å². The molecule has 0 radical (unpaired) electrons. The van der Waals surface area contributed by atoms with Crippen LogP contribution in [-0.2, 0) is 22.7 Å². The Morgan fingerprint density at radius 2 is 2.16 bits per heavy atom. The highest BCUT2D eigenvalue weighted by molar-refractivity contribution is 7.11. The van der Waals surface area contributed by atoms with E-state index in [0.29, 0.717) is 15.4 Å². The van der Waals surface area contributed by atoms with Gasteiger partial charge in [-0.15, -0.1) is 11.3 Å². The fourth-order valence-electron chi connectivity index (χ4n) is 1.91. The van der Waals surface area contributed by atoms with Crippen LogP contribution in [0.5, 0.6) is 0 Å². The summed E-state index contributed by atoms with van der Waals surface area (Å²) in [5.74, 6) is -2.37. The van der Waals surface area contributed by atoms with Gasteiger partial charge in [0, 0.05) is 19.3 Å². The standard InChI is InChI=1S/C15H16ClFN4O3S/c16-10-2-1-8(3-11(10)17)5-19-13(23)14(24)21-12(4-18)15-20-6-9(7-22)25-15/h1-3,6,12,22H,4-5,7,18H2,(H,19,23)(H,21,24)/t12-/m0/s1. The van der Waals surface area contributed by atoms with Crippen LogP contribution < -0.4 is 16.4 Å². The summed E-state index contributed by atoms with van der Waals surface area (Å²) in [4.78, 5) is 28.5. The second kappa shape index (κ2) is 8.86. The van der Waals surface area contributed by atoms with Crippen LogP contribution in [0, 0.1) is 5.82 Å². The van der Waals surface area contributed by atoms with Crippen LogP contribution >= 0.6 is 22.9 Å². The Bertz CT molecular complexity index is 771. The van der Waals surface area contributed by atoms with Gasteiger partial charge in [-0.3, -0.25) is 9.59 Å². The molecule has 1 aromatic heterocycles. The number of halogens is 2. The highest BCUT2D eigenvalue weighted by Crippen LogP contribution is 2.19. The molecule has 7 nitrogen and oxygen atoms in total. The van der Waals surface area contributed by atoms with Crippen molar-refractivity contribution >= 4 is 34.8 Å². The van der Waals surface area contributed by atoms with E-state index >= 15 is 0 Å². The number of aromatic nitrogens is 1. The molecule has 0 saturated carbocycles. The van der Waals surface area contributed by atoms with Crippen molar-refractivity contribution < 1.29 is 19.1 Å². The zero-order chi connectivity index (χ0) is 18.4. The average Bonchev–Trinajstić information content (AvgIpc) is 3.09. The van der Waals surface area contributed by atoms with E-state index in [2.05, 4.69) is 15.6 Å². The van der Waals surface area contributed by atoms with E-state index < -0.39 is 23.7 Å². The topological polar surface area (TPSA) is 117 Å². The molecule has 0 spiro atoms. The van der Waals surface area contributed by atoms with E-state index in [1.165, 1.54) is 35.7 Å². The molecule has 2 aromatic rings. The molecule has 25 heavy (non-hydrogen) atoms. The summed E-state index contributed by atoms with van der Waals surface area (Å²) in [5, 5.41) is 14.4. The second-order valence-electron chi connectivity index (χ2n) is 5.02. The van der Waals surface area contributed by atoms with Crippen molar-refractivity contribution in [2.45, 2.75) is 19.2 Å². The van der Waals surface area contributed by atoms with Gasteiger partial charge >= 0.3 is 11.8 Å². The van der Waals surface area contributed by atoms with Gasteiger partial charge in [0.1, 0.15) is 10.8 Å². The summed E-state index contributed by atoms with van der Waals surface area (Å²) < 4.78 is 13.3. The number of amides is 2. The number of carbonyl (C=O) groups excluding carboxylic acids is 2. The first-order valence-corrected chi connectivity index (χ1v) is 8.42. The van der Waals surface area contributed by atoms with Crippen molar-refractivity contribution in [2.75, 3.05) is 6.54 Å². The number of rotatable bonds is 6. The van der Waals surface area contributed by atoms with E-state index in [1.54, 1.807) is 0 Å². The van der Waals surface area contributed by atoms with Gasteiger partial charge < -0.3 is 21.5 Å². The molecule has 5 N–H and O–H groups in total. The third kappa shape index (κ3) is 5.20. The lowest BCUT2D eigenvalue weighted by atomic mass is 10.2. The number of carbonyl (C=O) groups is 2. The Morgan fingerprint density at radius 3 is 2.76 bits per heavy atom. The van der Waals surface area contributed by atoms with Gasteiger partial charge in [0.25, 0.3) is 0 Å². The van der Waals surface area contributed by atoms with Crippen LogP contribution in [-0.4, -0.2) is 28.4 Å². The molecule has 0 saturated heterocycles. The number of nitrogens with one attached hydrogen (secondary N) is 2. The third-order valence-electron chi connectivity index (χ3n) is 3.21. The van der Waals surface area contributed by atoms with Crippen LogP contribution in [0.15, 0.2) is 24.4 Å². The van der Waals surface area contributed by atoms with Gasteiger partial charge in [-0.25, -0.2) is 9.37 Å². The maximum Gasteiger partial charge on any atom is 0.309 e. The number of benzene rings is 1. The Kier molecular flexibility index (Phi) is 6.82. The van der Waals surface area contributed by atoms with Gasteiger partial charge in [0.15, 0.2) is 0 Å². The number of aliphatic hydroxyl groups excluding tert-OH is 1. The van der Waals surface area contributed by atoms with E-state index in [1.807, 2.05) is 0 Å². The van der Waals surface area contributed by atoms with Gasteiger partial charge in [-0.05, 0) is 17.7 Å². The predicted octanol–water partition coefficient (Wildman–Crippen LogP) is 0.860. The van der Waals surface area contributed by atoms with Crippen molar-refractivity contribution in [1.82, 2.24) is 15.6 Å².